The summed E-state index contributed by atoms with van der Waals surface area (Å²) < 4.78 is 5.66. The minimum absolute atomic E-state index is 0.117. The molecule has 0 saturated carbocycles. The Morgan fingerprint density at radius 1 is 1.00 bits per heavy atom. The van der Waals surface area contributed by atoms with Gasteiger partial charge in [0.15, 0.2) is 0 Å². The molecule has 0 aliphatic carbocycles. The molecule has 5 rings (SSSR count). The topological polar surface area (TPSA) is 88.3 Å². The average Bonchev–Trinajstić information content (AvgIpc) is 3.33. The van der Waals surface area contributed by atoms with Crippen LogP contribution in [0.2, 0.25) is 5.02 Å². The molecule has 1 saturated heterocycles. The highest BCUT2D eigenvalue weighted by Gasteiger charge is 2.49. The number of amides is 3. The molecule has 0 radical (unpaired) electrons. The van der Waals surface area contributed by atoms with Crippen molar-refractivity contribution in [3.8, 4) is 11.5 Å². The highest BCUT2D eigenvalue weighted by atomic mass is 35.5. The summed E-state index contributed by atoms with van der Waals surface area (Å²) in [4.78, 5) is 27.0. The van der Waals surface area contributed by atoms with Crippen molar-refractivity contribution < 1.29 is 14.0 Å². The van der Waals surface area contributed by atoms with Gasteiger partial charge in [-0.3, -0.25) is 9.69 Å². The van der Waals surface area contributed by atoms with E-state index in [4.69, 9.17) is 16.0 Å². The van der Waals surface area contributed by atoms with Crippen LogP contribution in [0.4, 0.5) is 4.79 Å². The Bertz CT molecular complexity index is 1320. The molecule has 1 aromatic heterocycles. The first-order valence-electron chi connectivity index (χ1n) is 9.66. The minimum Gasteiger partial charge on any atom is -0.419 e. The monoisotopic (exact) mass is 432 g/mol. The number of nitrogens with one attached hydrogen (secondary N) is 1. The standard InChI is InChI=1S/C23H17ClN4O3/c1-23(17-9-6-14-4-2-3-5-16(14)12-17)21(29)28(22(30)25-23)13-19-26-27-20(31-19)15-7-10-18(24)11-8-15/h2-12H,13H2,1H3,(H,25,30)/t23-/m1/s1. The lowest BCUT2D eigenvalue weighted by molar-refractivity contribution is -0.131. The fourth-order valence-corrected chi connectivity index (χ4v) is 3.82. The Hall–Kier alpha value is -3.71. The summed E-state index contributed by atoms with van der Waals surface area (Å²) in [6.45, 7) is 1.58. The van der Waals surface area contributed by atoms with Crippen molar-refractivity contribution >= 4 is 34.3 Å². The number of aromatic nitrogens is 2. The molecule has 1 N–H and O–H groups in total. The zero-order valence-electron chi connectivity index (χ0n) is 16.5. The molecule has 0 bridgehead atoms. The number of nitrogens with zero attached hydrogens (tertiary/aromatic N) is 3. The predicted octanol–water partition coefficient (Wildman–Crippen LogP) is 4.51. The van der Waals surface area contributed by atoms with E-state index in [1.165, 1.54) is 0 Å². The van der Waals surface area contributed by atoms with Gasteiger partial charge in [0, 0.05) is 10.6 Å². The number of carbonyl (C=O) groups is 2. The molecule has 4 aromatic rings. The summed E-state index contributed by atoms with van der Waals surface area (Å²) in [6.07, 6.45) is 0. The fraction of sp³-hybridized carbons (Fsp3) is 0.130. The van der Waals surface area contributed by atoms with E-state index in [1.54, 1.807) is 31.2 Å². The van der Waals surface area contributed by atoms with Gasteiger partial charge in [-0.15, -0.1) is 10.2 Å². The number of hydrogen-bond acceptors (Lipinski definition) is 5. The Morgan fingerprint density at radius 2 is 1.74 bits per heavy atom. The summed E-state index contributed by atoms with van der Waals surface area (Å²) in [5, 5.41) is 13.4. The van der Waals surface area contributed by atoms with Crippen LogP contribution in [-0.4, -0.2) is 27.0 Å². The Balaban J connectivity index is 1.40. The highest BCUT2D eigenvalue weighted by Crippen LogP contribution is 2.32. The van der Waals surface area contributed by atoms with Crippen LogP contribution in [0.5, 0.6) is 0 Å². The van der Waals surface area contributed by atoms with Crippen molar-refractivity contribution in [2.24, 2.45) is 0 Å². The molecule has 1 atom stereocenters. The van der Waals surface area contributed by atoms with Crippen LogP contribution in [0.25, 0.3) is 22.2 Å². The number of benzene rings is 3. The van der Waals surface area contributed by atoms with Gasteiger partial charge in [0.2, 0.25) is 11.8 Å². The van der Waals surface area contributed by atoms with Gasteiger partial charge in [0.25, 0.3) is 5.91 Å². The molecule has 1 aliphatic heterocycles. The molecule has 1 aliphatic rings. The second-order valence-electron chi connectivity index (χ2n) is 7.52. The second-order valence-corrected chi connectivity index (χ2v) is 7.95. The maximum atomic E-state index is 13.2. The quantitative estimate of drug-likeness (QED) is 0.479. The molecule has 154 valence electrons. The first-order chi connectivity index (χ1) is 14.9. The second kappa shape index (κ2) is 7.21. The van der Waals surface area contributed by atoms with E-state index in [0.717, 1.165) is 15.7 Å². The Morgan fingerprint density at radius 3 is 2.52 bits per heavy atom. The largest absolute Gasteiger partial charge is 0.419 e. The number of hydrogen-bond donors (Lipinski definition) is 1. The molecule has 8 heteroatoms. The molecule has 0 unspecified atom stereocenters. The third kappa shape index (κ3) is 3.33. The van der Waals surface area contributed by atoms with Crippen LogP contribution in [0, 0.1) is 0 Å². The molecule has 31 heavy (non-hydrogen) atoms. The van der Waals surface area contributed by atoms with Crippen molar-refractivity contribution in [1.29, 1.82) is 0 Å². The summed E-state index contributed by atoms with van der Waals surface area (Å²) in [7, 11) is 0. The lowest BCUT2D eigenvalue weighted by Crippen LogP contribution is -2.40. The van der Waals surface area contributed by atoms with Gasteiger partial charge >= 0.3 is 6.03 Å². The first kappa shape index (κ1) is 19.3. The van der Waals surface area contributed by atoms with E-state index in [1.807, 2.05) is 42.5 Å². The van der Waals surface area contributed by atoms with Crippen molar-refractivity contribution in [2.45, 2.75) is 19.0 Å². The number of rotatable bonds is 4. The minimum atomic E-state index is -1.18. The van der Waals surface area contributed by atoms with Crippen LogP contribution in [0.1, 0.15) is 18.4 Å². The smallest absolute Gasteiger partial charge is 0.325 e. The molecular formula is C23H17ClN4O3. The Labute approximate surface area is 182 Å². The van der Waals surface area contributed by atoms with Gasteiger partial charge in [0.05, 0.1) is 0 Å². The van der Waals surface area contributed by atoms with Crippen LogP contribution in [-0.2, 0) is 16.9 Å². The molecule has 7 nitrogen and oxygen atoms in total. The number of urea groups is 1. The van der Waals surface area contributed by atoms with Crippen molar-refractivity contribution in [1.82, 2.24) is 20.4 Å². The molecule has 2 heterocycles. The lowest BCUT2D eigenvalue weighted by Gasteiger charge is -2.22. The molecular weight excluding hydrogens is 416 g/mol. The van der Waals surface area contributed by atoms with E-state index < -0.39 is 11.6 Å². The third-order valence-electron chi connectivity index (χ3n) is 5.45. The lowest BCUT2D eigenvalue weighted by atomic mass is 9.90. The van der Waals surface area contributed by atoms with E-state index in [0.29, 0.717) is 16.1 Å². The number of carbonyl (C=O) groups excluding carboxylic acids is 2. The number of fused-ring (bicyclic) bond motifs is 1. The van der Waals surface area contributed by atoms with Gasteiger partial charge < -0.3 is 9.73 Å². The van der Waals surface area contributed by atoms with Gasteiger partial charge in [-0.1, -0.05) is 48.0 Å². The van der Waals surface area contributed by atoms with E-state index >= 15 is 0 Å². The van der Waals surface area contributed by atoms with Crippen molar-refractivity contribution in [3.63, 3.8) is 0 Å². The average molecular weight is 433 g/mol. The van der Waals surface area contributed by atoms with Crippen molar-refractivity contribution in [3.05, 3.63) is 83.2 Å². The van der Waals surface area contributed by atoms with Gasteiger partial charge in [-0.25, -0.2) is 4.79 Å². The summed E-state index contributed by atoms with van der Waals surface area (Å²) in [5.74, 6) is 0.0752. The normalized spacial score (nSPS) is 18.6. The molecule has 0 spiro atoms. The first-order valence-corrected chi connectivity index (χ1v) is 10.0. The highest BCUT2D eigenvalue weighted by molar-refractivity contribution is 6.30. The van der Waals surface area contributed by atoms with Crippen LogP contribution in [0.15, 0.2) is 71.1 Å². The van der Waals surface area contributed by atoms with Crippen LogP contribution in [0.3, 0.4) is 0 Å². The fourth-order valence-electron chi connectivity index (χ4n) is 3.70. The molecule has 3 amide bonds. The van der Waals surface area contributed by atoms with Gasteiger partial charge in [0.1, 0.15) is 12.1 Å². The van der Waals surface area contributed by atoms with E-state index in [9.17, 15) is 9.59 Å². The summed E-state index contributed by atoms with van der Waals surface area (Å²) in [6, 6.07) is 20.0. The number of halogens is 1. The molecule has 1 fully saturated rings. The summed E-state index contributed by atoms with van der Waals surface area (Å²) in [5.41, 5.74) is 0.223. The molecule has 3 aromatic carbocycles. The van der Waals surface area contributed by atoms with Gasteiger partial charge in [-0.05, 0) is 53.6 Å². The summed E-state index contributed by atoms with van der Waals surface area (Å²) >= 11 is 5.90. The van der Waals surface area contributed by atoms with Crippen molar-refractivity contribution in [2.75, 3.05) is 0 Å². The predicted molar refractivity (Wildman–Crippen MR) is 115 cm³/mol. The van der Waals surface area contributed by atoms with Crippen LogP contribution >= 0.6 is 11.6 Å². The van der Waals surface area contributed by atoms with Gasteiger partial charge in [-0.2, -0.15) is 0 Å². The SMILES string of the molecule is C[C@]1(c2ccc3ccccc3c2)NC(=O)N(Cc2nnc(-c3ccc(Cl)cc3)o2)C1=O. The maximum absolute atomic E-state index is 13.2. The zero-order valence-corrected chi connectivity index (χ0v) is 17.3. The third-order valence-corrected chi connectivity index (χ3v) is 5.71. The maximum Gasteiger partial charge on any atom is 0.325 e. The number of imide groups is 1. The van der Waals surface area contributed by atoms with E-state index in [-0.39, 0.29) is 24.2 Å². The van der Waals surface area contributed by atoms with Crippen LogP contribution < -0.4 is 5.32 Å². The van der Waals surface area contributed by atoms with E-state index in [2.05, 4.69) is 15.5 Å². The zero-order chi connectivity index (χ0) is 21.6. The Kier molecular flexibility index (Phi) is 4.48.